The van der Waals surface area contributed by atoms with Crippen molar-refractivity contribution in [2.75, 3.05) is 18.9 Å². The molecule has 0 radical (unpaired) electrons. The molecule has 1 aliphatic rings. The van der Waals surface area contributed by atoms with E-state index in [4.69, 9.17) is 11.6 Å². The zero-order chi connectivity index (χ0) is 15.5. The first-order valence-corrected chi connectivity index (χ1v) is 8.64. The molecule has 1 unspecified atom stereocenters. The molecule has 1 aromatic carbocycles. The SMILES string of the molecule is CC(C)(CO)CCCN1C(=O)CSC1c1ccccc1Cl. The van der Waals surface area contributed by atoms with Gasteiger partial charge in [0.15, 0.2) is 0 Å². The average Bonchev–Trinajstić information content (AvgIpc) is 2.81. The quantitative estimate of drug-likeness (QED) is 0.865. The van der Waals surface area contributed by atoms with Crippen LogP contribution in [0.5, 0.6) is 0 Å². The van der Waals surface area contributed by atoms with Gasteiger partial charge in [-0.1, -0.05) is 43.6 Å². The summed E-state index contributed by atoms with van der Waals surface area (Å²) < 4.78 is 0. The number of hydrogen-bond acceptors (Lipinski definition) is 3. The molecule has 0 aromatic heterocycles. The molecule has 0 spiro atoms. The highest BCUT2D eigenvalue weighted by Crippen LogP contribution is 2.41. The molecule has 0 saturated carbocycles. The lowest BCUT2D eigenvalue weighted by Gasteiger charge is -2.27. The summed E-state index contributed by atoms with van der Waals surface area (Å²) in [6, 6.07) is 7.72. The second-order valence-electron chi connectivity index (χ2n) is 6.20. The van der Waals surface area contributed by atoms with Gasteiger partial charge in [0.25, 0.3) is 0 Å². The molecule has 0 aliphatic carbocycles. The summed E-state index contributed by atoms with van der Waals surface area (Å²) in [6.45, 7) is 4.97. The van der Waals surface area contributed by atoms with Crippen molar-refractivity contribution in [2.45, 2.75) is 32.1 Å². The van der Waals surface area contributed by atoms with E-state index in [0.29, 0.717) is 17.3 Å². The Morgan fingerprint density at radius 2 is 2.14 bits per heavy atom. The predicted molar refractivity (Wildman–Crippen MR) is 88.5 cm³/mol. The standard InChI is InChI=1S/C16H22ClNO2S/c1-16(2,11-19)8-5-9-18-14(20)10-21-15(18)12-6-3-4-7-13(12)17/h3-4,6-7,15,19H,5,8-11H2,1-2H3. The van der Waals surface area contributed by atoms with Gasteiger partial charge in [-0.3, -0.25) is 4.79 Å². The van der Waals surface area contributed by atoms with E-state index in [9.17, 15) is 9.90 Å². The van der Waals surface area contributed by atoms with Crippen LogP contribution in [0.25, 0.3) is 0 Å². The van der Waals surface area contributed by atoms with Crippen molar-refractivity contribution in [2.24, 2.45) is 5.41 Å². The molecule has 1 amide bonds. The topological polar surface area (TPSA) is 40.5 Å². The van der Waals surface area contributed by atoms with E-state index in [0.717, 1.165) is 18.4 Å². The highest BCUT2D eigenvalue weighted by atomic mass is 35.5. The number of halogens is 1. The highest BCUT2D eigenvalue weighted by Gasteiger charge is 2.33. The minimum Gasteiger partial charge on any atom is -0.396 e. The Hall–Kier alpha value is -0.710. The maximum atomic E-state index is 12.1. The zero-order valence-corrected chi connectivity index (χ0v) is 14.1. The molecule has 2 rings (SSSR count). The van der Waals surface area contributed by atoms with E-state index in [2.05, 4.69) is 0 Å². The normalized spacial score (nSPS) is 19.3. The van der Waals surface area contributed by atoms with Crippen LogP contribution in [-0.2, 0) is 4.79 Å². The second kappa shape index (κ2) is 7.03. The number of carbonyl (C=O) groups excluding carboxylic acids is 1. The van der Waals surface area contributed by atoms with E-state index in [-0.39, 0.29) is 23.3 Å². The minimum atomic E-state index is -0.0875. The van der Waals surface area contributed by atoms with Crippen molar-refractivity contribution in [1.82, 2.24) is 4.90 Å². The summed E-state index contributed by atoms with van der Waals surface area (Å²) in [5, 5.41) is 10.0. The maximum absolute atomic E-state index is 12.1. The van der Waals surface area contributed by atoms with Crippen molar-refractivity contribution in [1.29, 1.82) is 0 Å². The molecule has 1 aliphatic heterocycles. The van der Waals surface area contributed by atoms with Crippen LogP contribution in [0, 0.1) is 5.41 Å². The molecule has 1 aromatic rings. The lowest BCUT2D eigenvalue weighted by Crippen LogP contribution is -2.30. The van der Waals surface area contributed by atoms with Crippen LogP contribution in [-0.4, -0.2) is 34.8 Å². The van der Waals surface area contributed by atoms with Gasteiger partial charge in [-0.2, -0.15) is 0 Å². The Balaban J connectivity index is 2.03. The van der Waals surface area contributed by atoms with Crippen LogP contribution in [0.4, 0.5) is 0 Å². The summed E-state index contributed by atoms with van der Waals surface area (Å²) >= 11 is 7.89. The largest absolute Gasteiger partial charge is 0.396 e. The van der Waals surface area contributed by atoms with Gasteiger partial charge in [0.1, 0.15) is 5.37 Å². The van der Waals surface area contributed by atoms with E-state index >= 15 is 0 Å². The molecule has 5 heteroatoms. The van der Waals surface area contributed by atoms with Crippen LogP contribution < -0.4 is 0 Å². The molecule has 1 heterocycles. The monoisotopic (exact) mass is 327 g/mol. The van der Waals surface area contributed by atoms with Gasteiger partial charge in [0.05, 0.1) is 5.75 Å². The van der Waals surface area contributed by atoms with E-state index < -0.39 is 0 Å². The number of thioether (sulfide) groups is 1. The van der Waals surface area contributed by atoms with Gasteiger partial charge < -0.3 is 10.0 Å². The van der Waals surface area contributed by atoms with Gasteiger partial charge >= 0.3 is 0 Å². The third kappa shape index (κ3) is 4.15. The molecule has 0 bridgehead atoms. The third-order valence-electron chi connectivity index (χ3n) is 3.82. The van der Waals surface area contributed by atoms with E-state index in [1.807, 2.05) is 43.0 Å². The lowest BCUT2D eigenvalue weighted by molar-refractivity contribution is -0.128. The van der Waals surface area contributed by atoms with Gasteiger partial charge in [-0.15, -0.1) is 11.8 Å². The fourth-order valence-electron chi connectivity index (χ4n) is 2.44. The van der Waals surface area contributed by atoms with Gasteiger partial charge in [0.2, 0.25) is 5.91 Å². The Morgan fingerprint density at radius 1 is 1.43 bits per heavy atom. The fraction of sp³-hybridized carbons (Fsp3) is 0.562. The second-order valence-corrected chi connectivity index (χ2v) is 7.67. The predicted octanol–water partition coefficient (Wildman–Crippen LogP) is 3.71. The molecular weight excluding hydrogens is 306 g/mol. The van der Waals surface area contributed by atoms with Crippen molar-refractivity contribution >= 4 is 29.3 Å². The number of aliphatic hydroxyl groups is 1. The zero-order valence-electron chi connectivity index (χ0n) is 12.5. The first-order valence-electron chi connectivity index (χ1n) is 7.21. The highest BCUT2D eigenvalue weighted by molar-refractivity contribution is 8.00. The minimum absolute atomic E-state index is 0.0171. The molecule has 116 valence electrons. The fourth-order valence-corrected chi connectivity index (χ4v) is 3.99. The van der Waals surface area contributed by atoms with Crippen LogP contribution >= 0.6 is 23.4 Å². The summed E-state index contributed by atoms with van der Waals surface area (Å²) in [5.41, 5.74) is 0.923. The molecule has 1 atom stereocenters. The number of nitrogens with zero attached hydrogens (tertiary/aromatic N) is 1. The summed E-state index contributed by atoms with van der Waals surface area (Å²) in [4.78, 5) is 14.0. The number of rotatable bonds is 6. The average molecular weight is 328 g/mol. The van der Waals surface area contributed by atoms with Crippen molar-refractivity contribution in [3.63, 3.8) is 0 Å². The Labute approximate surface area is 135 Å². The van der Waals surface area contributed by atoms with Gasteiger partial charge in [-0.25, -0.2) is 0 Å². The number of amides is 1. The maximum Gasteiger partial charge on any atom is 0.233 e. The van der Waals surface area contributed by atoms with Gasteiger partial charge in [0, 0.05) is 23.7 Å². The first kappa shape index (κ1) is 16.7. The van der Waals surface area contributed by atoms with Crippen LogP contribution in [0.3, 0.4) is 0 Å². The first-order chi connectivity index (χ1) is 9.94. The summed E-state index contributed by atoms with van der Waals surface area (Å²) in [7, 11) is 0. The number of aliphatic hydroxyl groups excluding tert-OH is 1. The third-order valence-corrected chi connectivity index (χ3v) is 5.40. The van der Waals surface area contributed by atoms with Crippen molar-refractivity contribution < 1.29 is 9.90 Å². The van der Waals surface area contributed by atoms with Crippen molar-refractivity contribution in [3.05, 3.63) is 34.9 Å². The Bertz CT molecular complexity index is 507. The van der Waals surface area contributed by atoms with Crippen LogP contribution in [0.15, 0.2) is 24.3 Å². The summed E-state index contributed by atoms with van der Waals surface area (Å²) in [6.07, 6.45) is 1.79. The lowest BCUT2D eigenvalue weighted by atomic mass is 9.89. The number of carbonyl (C=O) groups is 1. The molecule has 21 heavy (non-hydrogen) atoms. The van der Waals surface area contributed by atoms with Crippen LogP contribution in [0.1, 0.15) is 37.6 Å². The Morgan fingerprint density at radius 3 is 2.81 bits per heavy atom. The molecule has 3 nitrogen and oxygen atoms in total. The number of benzene rings is 1. The smallest absolute Gasteiger partial charge is 0.233 e. The van der Waals surface area contributed by atoms with Crippen molar-refractivity contribution in [3.8, 4) is 0 Å². The van der Waals surface area contributed by atoms with E-state index in [1.54, 1.807) is 11.8 Å². The molecule has 1 fully saturated rings. The van der Waals surface area contributed by atoms with Gasteiger partial charge in [-0.05, 0) is 24.3 Å². The Kier molecular flexibility index (Phi) is 5.58. The molecule has 1 N–H and O–H groups in total. The van der Waals surface area contributed by atoms with E-state index in [1.165, 1.54) is 0 Å². The molecule has 1 saturated heterocycles. The number of hydrogen-bond donors (Lipinski definition) is 1. The summed E-state index contributed by atoms with van der Waals surface area (Å²) in [5.74, 6) is 0.686. The van der Waals surface area contributed by atoms with Crippen LogP contribution in [0.2, 0.25) is 5.02 Å². The molecular formula is C16H22ClNO2S.